The van der Waals surface area contributed by atoms with Crippen molar-refractivity contribution in [2.45, 2.75) is 26.6 Å². The summed E-state index contributed by atoms with van der Waals surface area (Å²) in [6.45, 7) is 2.95. The van der Waals surface area contributed by atoms with Gasteiger partial charge in [0.1, 0.15) is 6.54 Å². The van der Waals surface area contributed by atoms with E-state index in [1.54, 1.807) is 25.1 Å². The Morgan fingerprint density at radius 3 is 2.45 bits per heavy atom. The lowest BCUT2D eigenvalue weighted by molar-refractivity contribution is -0.143. The van der Waals surface area contributed by atoms with Gasteiger partial charge in [-0.15, -0.1) is 0 Å². The first-order chi connectivity index (χ1) is 10.3. The molecular formula is C15H14F3NO3. The number of para-hydroxylation sites is 1. The van der Waals surface area contributed by atoms with Crippen molar-refractivity contribution < 1.29 is 27.5 Å². The highest BCUT2D eigenvalue weighted by Gasteiger charge is 2.42. The van der Waals surface area contributed by atoms with Gasteiger partial charge in [-0.05, 0) is 19.9 Å². The second-order valence-corrected chi connectivity index (χ2v) is 4.70. The fraction of sp³-hybridized carbons (Fsp3) is 0.333. The van der Waals surface area contributed by atoms with Crippen LogP contribution in [-0.4, -0.2) is 29.1 Å². The van der Waals surface area contributed by atoms with Gasteiger partial charge in [0.15, 0.2) is 0 Å². The van der Waals surface area contributed by atoms with Crippen LogP contribution in [0.2, 0.25) is 0 Å². The van der Waals surface area contributed by atoms with Gasteiger partial charge in [0, 0.05) is 16.6 Å². The number of Topliss-reactive ketones (excluding diaryl/α,β-unsaturated/α-hetero) is 1. The summed E-state index contributed by atoms with van der Waals surface area (Å²) in [5.74, 6) is -2.49. The van der Waals surface area contributed by atoms with Crippen molar-refractivity contribution in [1.29, 1.82) is 0 Å². The quantitative estimate of drug-likeness (QED) is 0.643. The van der Waals surface area contributed by atoms with Crippen LogP contribution in [0.1, 0.15) is 23.0 Å². The van der Waals surface area contributed by atoms with Crippen LogP contribution in [0, 0.1) is 6.92 Å². The maximum Gasteiger partial charge on any atom is 0.454 e. The number of nitrogens with zero attached hydrogens (tertiary/aromatic N) is 1. The normalized spacial score (nSPS) is 11.7. The van der Waals surface area contributed by atoms with Crippen LogP contribution in [0.15, 0.2) is 24.3 Å². The zero-order valence-corrected chi connectivity index (χ0v) is 12.0. The Hall–Kier alpha value is -2.31. The zero-order valence-electron chi connectivity index (χ0n) is 12.0. The molecule has 0 aliphatic rings. The number of aromatic nitrogens is 1. The largest absolute Gasteiger partial charge is 0.465 e. The SMILES string of the molecule is CCOC(=O)Cn1c(C)c(C(=O)C(F)(F)F)c2ccccc21. The van der Waals surface area contributed by atoms with Crippen LogP contribution >= 0.6 is 0 Å². The summed E-state index contributed by atoms with van der Waals surface area (Å²) in [5, 5.41) is 0.173. The van der Waals surface area contributed by atoms with Gasteiger partial charge < -0.3 is 9.30 Å². The average molecular weight is 313 g/mol. The summed E-state index contributed by atoms with van der Waals surface area (Å²) in [6, 6.07) is 6.17. The topological polar surface area (TPSA) is 48.3 Å². The smallest absolute Gasteiger partial charge is 0.454 e. The lowest BCUT2D eigenvalue weighted by atomic mass is 10.1. The Bertz CT molecular complexity index is 731. The van der Waals surface area contributed by atoms with E-state index in [0.717, 1.165) is 0 Å². The van der Waals surface area contributed by atoms with E-state index in [0.29, 0.717) is 5.52 Å². The molecule has 0 saturated carbocycles. The zero-order chi connectivity index (χ0) is 16.5. The molecule has 7 heteroatoms. The minimum Gasteiger partial charge on any atom is -0.465 e. The van der Waals surface area contributed by atoms with Crippen molar-refractivity contribution in [3.8, 4) is 0 Å². The molecule has 0 unspecified atom stereocenters. The van der Waals surface area contributed by atoms with Crippen LogP contribution in [0.25, 0.3) is 10.9 Å². The van der Waals surface area contributed by atoms with Crippen molar-refractivity contribution in [2.75, 3.05) is 6.61 Å². The molecule has 4 nitrogen and oxygen atoms in total. The molecular weight excluding hydrogens is 299 g/mol. The maximum absolute atomic E-state index is 12.8. The van der Waals surface area contributed by atoms with Crippen LogP contribution in [0.4, 0.5) is 13.2 Å². The van der Waals surface area contributed by atoms with Gasteiger partial charge in [-0.3, -0.25) is 9.59 Å². The molecule has 0 N–H and O–H groups in total. The van der Waals surface area contributed by atoms with E-state index in [1.807, 2.05) is 0 Å². The van der Waals surface area contributed by atoms with Gasteiger partial charge in [-0.2, -0.15) is 13.2 Å². The Morgan fingerprint density at radius 2 is 1.86 bits per heavy atom. The van der Waals surface area contributed by atoms with Crippen LogP contribution in [0.5, 0.6) is 0 Å². The first-order valence-corrected chi connectivity index (χ1v) is 6.62. The molecule has 0 amide bonds. The number of hydrogen-bond acceptors (Lipinski definition) is 3. The molecule has 2 rings (SSSR count). The van der Waals surface area contributed by atoms with Crippen molar-refractivity contribution in [1.82, 2.24) is 4.57 Å². The molecule has 0 aliphatic carbocycles. The number of fused-ring (bicyclic) bond motifs is 1. The minimum absolute atomic E-state index is 0.0941. The highest BCUT2D eigenvalue weighted by Crippen LogP contribution is 2.31. The van der Waals surface area contributed by atoms with Gasteiger partial charge in [0.05, 0.1) is 12.2 Å². The average Bonchev–Trinajstić information content (AvgIpc) is 2.70. The fourth-order valence-electron chi connectivity index (χ4n) is 2.40. The van der Waals surface area contributed by atoms with E-state index in [4.69, 9.17) is 4.74 Å². The number of hydrogen-bond donors (Lipinski definition) is 0. The number of esters is 1. The van der Waals surface area contributed by atoms with Crippen molar-refractivity contribution in [3.63, 3.8) is 0 Å². The van der Waals surface area contributed by atoms with Gasteiger partial charge in [0.25, 0.3) is 5.78 Å². The molecule has 0 saturated heterocycles. The number of benzene rings is 1. The number of rotatable bonds is 4. The number of ketones is 1. The Balaban J connectivity index is 2.62. The molecule has 1 aromatic heterocycles. The molecule has 0 bridgehead atoms. The van der Waals surface area contributed by atoms with Gasteiger partial charge in [0.2, 0.25) is 0 Å². The Kier molecular flexibility index (Phi) is 4.25. The Labute approximate surface area is 124 Å². The van der Waals surface area contributed by atoms with E-state index >= 15 is 0 Å². The predicted molar refractivity (Wildman–Crippen MR) is 73.7 cm³/mol. The second-order valence-electron chi connectivity index (χ2n) is 4.70. The predicted octanol–water partition coefficient (Wildman–Crippen LogP) is 3.26. The van der Waals surface area contributed by atoms with Crippen LogP contribution in [0.3, 0.4) is 0 Å². The summed E-state index contributed by atoms with van der Waals surface area (Å²) in [4.78, 5) is 23.3. The minimum atomic E-state index is -4.97. The molecule has 0 atom stereocenters. The van der Waals surface area contributed by atoms with Gasteiger partial charge >= 0.3 is 12.1 Å². The van der Waals surface area contributed by atoms with Crippen molar-refractivity contribution >= 4 is 22.7 Å². The monoisotopic (exact) mass is 313 g/mol. The molecule has 0 spiro atoms. The van der Waals surface area contributed by atoms with Crippen molar-refractivity contribution in [3.05, 3.63) is 35.5 Å². The lowest BCUT2D eigenvalue weighted by Crippen LogP contribution is -2.23. The lowest BCUT2D eigenvalue weighted by Gasteiger charge is -2.08. The molecule has 0 radical (unpaired) electrons. The van der Waals surface area contributed by atoms with E-state index in [1.165, 1.54) is 17.6 Å². The summed E-state index contributed by atoms with van der Waals surface area (Å²) in [6.07, 6.45) is -4.97. The third kappa shape index (κ3) is 2.84. The Morgan fingerprint density at radius 1 is 1.23 bits per heavy atom. The molecule has 118 valence electrons. The van der Waals surface area contributed by atoms with Crippen LogP contribution in [-0.2, 0) is 16.1 Å². The number of halogens is 3. The first kappa shape index (κ1) is 16.1. The van der Waals surface area contributed by atoms with Crippen LogP contribution < -0.4 is 0 Å². The van der Waals surface area contributed by atoms with E-state index < -0.39 is 23.5 Å². The number of carbonyl (C=O) groups excluding carboxylic acids is 2. The fourth-order valence-corrected chi connectivity index (χ4v) is 2.40. The first-order valence-electron chi connectivity index (χ1n) is 6.62. The van der Waals surface area contributed by atoms with Gasteiger partial charge in [-0.1, -0.05) is 18.2 Å². The highest BCUT2D eigenvalue weighted by molar-refractivity contribution is 6.12. The molecule has 1 heterocycles. The van der Waals surface area contributed by atoms with E-state index in [-0.39, 0.29) is 24.2 Å². The van der Waals surface area contributed by atoms with E-state index in [9.17, 15) is 22.8 Å². The highest BCUT2D eigenvalue weighted by atomic mass is 19.4. The number of ether oxygens (including phenoxy) is 1. The number of carbonyl (C=O) groups is 2. The molecule has 0 fully saturated rings. The van der Waals surface area contributed by atoms with Crippen molar-refractivity contribution in [2.24, 2.45) is 0 Å². The standard InChI is InChI=1S/C15H14F3NO3/c1-3-22-12(20)8-19-9(2)13(14(21)15(16,17)18)10-6-4-5-7-11(10)19/h4-7H,3,8H2,1-2H3. The maximum atomic E-state index is 12.8. The van der Waals surface area contributed by atoms with E-state index in [2.05, 4.69) is 0 Å². The second kappa shape index (κ2) is 5.82. The summed E-state index contributed by atoms with van der Waals surface area (Å²) >= 11 is 0. The number of alkyl halides is 3. The third-order valence-corrected chi connectivity index (χ3v) is 3.31. The molecule has 1 aromatic carbocycles. The summed E-state index contributed by atoms with van der Waals surface area (Å²) in [7, 11) is 0. The summed E-state index contributed by atoms with van der Waals surface area (Å²) < 4.78 is 44.5. The molecule has 22 heavy (non-hydrogen) atoms. The third-order valence-electron chi connectivity index (χ3n) is 3.31. The summed E-state index contributed by atoms with van der Waals surface area (Å²) in [5.41, 5.74) is 0.0598. The molecule has 0 aliphatic heterocycles. The molecule has 2 aromatic rings. The van der Waals surface area contributed by atoms with Gasteiger partial charge in [-0.25, -0.2) is 0 Å².